The number of esters is 2. The first-order valence-electron chi connectivity index (χ1n) is 7.65. The van der Waals surface area contributed by atoms with Crippen molar-refractivity contribution in [3.05, 3.63) is 35.9 Å². The van der Waals surface area contributed by atoms with Gasteiger partial charge in [0.2, 0.25) is 0 Å². The number of hydrogen-bond donors (Lipinski definition) is 2. The predicted octanol–water partition coefficient (Wildman–Crippen LogP) is 1.11. The van der Waals surface area contributed by atoms with Crippen molar-refractivity contribution in [1.82, 2.24) is 5.32 Å². The van der Waals surface area contributed by atoms with Crippen LogP contribution in [-0.2, 0) is 25.5 Å². The number of hydrogen-bond acceptors (Lipinski definition) is 6. The molecule has 2 heterocycles. The van der Waals surface area contributed by atoms with Crippen LogP contribution >= 0.6 is 0 Å². The van der Waals surface area contributed by atoms with Gasteiger partial charge in [-0.3, -0.25) is 4.79 Å². The summed E-state index contributed by atoms with van der Waals surface area (Å²) in [6.45, 7) is 4.26. The van der Waals surface area contributed by atoms with Crippen LogP contribution in [0, 0.1) is 0 Å². The third-order valence-corrected chi connectivity index (χ3v) is 4.31. The molecule has 1 aromatic carbocycles. The molecule has 3 unspecified atom stereocenters. The second kappa shape index (κ2) is 6.42. The predicted molar refractivity (Wildman–Crippen MR) is 86.0 cm³/mol. The van der Waals surface area contributed by atoms with Gasteiger partial charge in [0.1, 0.15) is 18.2 Å². The first-order chi connectivity index (χ1) is 11.1. The molecule has 0 amide bonds. The second-order valence-corrected chi connectivity index (χ2v) is 5.76. The largest absolute Gasteiger partial charge is 0.468 e. The van der Waals surface area contributed by atoms with Crippen LogP contribution in [0.5, 0.6) is 0 Å². The van der Waals surface area contributed by atoms with E-state index in [2.05, 4.69) is 17.2 Å². The topological polar surface area (TPSA) is 76.7 Å². The molecule has 0 saturated carbocycles. The third kappa shape index (κ3) is 3.07. The van der Waals surface area contributed by atoms with Crippen LogP contribution < -0.4 is 10.6 Å². The first-order valence-corrected chi connectivity index (χ1v) is 7.65. The molecule has 1 aromatic rings. The first kappa shape index (κ1) is 15.6. The number of benzene rings is 1. The summed E-state index contributed by atoms with van der Waals surface area (Å²) in [6, 6.07) is 5.05. The lowest BCUT2D eigenvalue weighted by molar-refractivity contribution is -0.150. The molecule has 0 bridgehead atoms. The Morgan fingerprint density at radius 1 is 1.30 bits per heavy atom. The Bertz CT molecular complexity index is 643. The van der Waals surface area contributed by atoms with Gasteiger partial charge in [-0.1, -0.05) is 24.8 Å². The number of anilines is 1. The average molecular weight is 316 g/mol. The number of carbonyl (C=O) groups is 2. The minimum Gasteiger partial charge on any atom is -0.468 e. The Morgan fingerprint density at radius 2 is 2.13 bits per heavy atom. The molecule has 0 radical (unpaired) electrons. The van der Waals surface area contributed by atoms with E-state index in [0.29, 0.717) is 19.4 Å². The average Bonchev–Trinajstić information content (AvgIpc) is 3.20. The fraction of sp³-hybridized carbons (Fsp3) is 0.412. The molecule has 0 aromatic heterocycles. The van der Waals surface area contributed by atoms with Gasteiger partial charge in [0.05, 0.1) is 7.11 Å². The molecule has 23 heavy (non-hydrogen) atoms. The maximum absolute atomic E-state index is 12.4. The molecular formula is C17H20N2O4. The summed E-state index contributed by atoms with van der Waals surface area (Å²) < 4.78 is 10.2. The molecule has 0 aliphatic carbocycles. The zero-order valence-electron chi connectivity index (χ0n) is 13.0. The molecular weight excluding hydrogens is 296 g/mol. The number of methoxy groups -OCH3 is 1. The molecule has 3 rings (SSSR count). The van der Waals surface area contributed by atoms with Crippen LogP contribution in [0.25, 0.3) is 6.08 Å². The Kier molecular flexibility index (Phi) is 4.34. The van der Waals surface area contributed by atoms with E-state index in [0.717, 1.165) is 16.8 Å². The Labute approximate surface area is 134 Å². The van der Waals surface area contributed by atoms with E-state index in [-0.39, 0.29) is 18.0 Å². The van der Waals surface area contributed by atoms with Gasteiger partial charge in [-0.05, 0) is 17.2 Å². The van der Waals surface area contributed by atoms with Crippen LogP contribution in [0.15, 0.2) is 24.8 Å². The van der Waals surface area contributed by atoms with E-state index >= 15 is 0 Å². The van der Waals surface area contributed by atoms with Crippen LogP contribution in [0.3, 0.4) is 0 Å². The Morgan fingerprint density at radius 3 is 2.87 bits per heavy atom. The zero-order chi connectivity index (χ0) is 16.4. The molecule has 1 fully saturated rings. The fourth-order valence-electron chi connectivity index (χ4n) is 3.11. The van der Waals surface area contributed by atoms with Crippen molar-refractivity contribution in [2.24, 2.45) is 0 Å². The maximum Gasteiger partial charge on any atom is 0.329 e. The molecule has 2 N–H and O–H groups in total. The van der Waals surface area contributed by atoms with Crippen molar-refractivity contribution in [3.8, 4) is 0 Å². The van der Waals surface area contributed by atoms with E-state index < -0.39 is 12.1 Å². The smallest absolute Gasteiger partial charge is 0.329 e. The summed E-state index contributed by atoms with van der Waals surface area (Å²) in [6.07, 6.45) is 2.50. The SMILES string of the molecule is C=Cc1cccc2c1CC(C(=O)OC1CNC(C(=O)OC)C1)N2. The van der Waals surface area contributed by atoms with E-state index in [1.54, 1.807) is 6.08 Å². The number of fused-ring (bicyclic) bond motifs is 1. The van der Waals surface area contributed by atoms with Crippen LogP contribution in [0.1, 0.15) is 17.5 Å². The highest BCUT2D eigenvalue weighted by Crippen LogP contribution is 2.30. The number of carbonyl (C=O) groups excluding carboxylic acids is 2. The zero-order valence-corrected chi connectivity index (χ0v) is 13.0. The van der Waals surface area contributed by atoms with Gasteiger partial charge in [0.15, 0.2) is 0 Å². The van der Waals surface area contributed by atoms with Gasteiger partial charge >= 0.3 is 11.9 Å². The summed E-state index contributed by atoms with van der Waals surface area (Å²) in [5.41, 5.74) is 3.06. The highest BCUT2D eigenvalue weighted by molar-refractivity contribution is 5.84. The molecule has 3 atom stereocenters. The van der Waals surface area contributed by atoms with E-state index in [9.17, 15) is 9.59 Å². The van der Waals surface area contributed by atoms with Crippen molar-refractivity contribution in [2.45, 2.75) is 31.0 Å². The van der Waals surface area contributed by atoms with Crippen molar-refractivity contribution in [2.75, 3.05) is 19.0 Å². The third-order valence-electron chi connectivity index (χ3n) is 4.31. The van der Waals surface area contributed by atoms with Crippen LogP contribution in [-0.4, -0.2) is 43.8 Å². The van der Waals surface area contributed by atoms with Crippen LogP contribution in [0.2, 0.25) is 0 Å². The van der Waals surface area contributed by atoms with Crippen molar-refractivity contribution < 1.29 is 19.1 Å². The summed E-state index contributed by atoms with van der Waals surface area (Å²) >= 11 is 0. The van der Waals surface area contributed by atoms with Gasteiger partial charge < -0.3 is 20.1 Å². The van der Waals surface area contributed by atoms with E-state index in [1.807, 2.05) is 18.2 Å². The minimum absolute atomic E-state index is 0.298. The number of nitrogens with one attached hydrogen (secondary N) is 2. The summed E-state index contributed by atoms with van der Waals surface area (Å²) in [4.78, 5) is 23.8. The lowest BCUT2D eigenvalue weighted by atomic mass is 10.0. The minimum atomic E-state index is -0.404. The second-order valence-electron chi connectivity index (χ2n) is 5.76. The summed E-state index contributed by atoms with van der Waals surface area (Å²) in [5, 5.41) is 6.20. The highest BCUT2D eigenvalue weighted by Gasteiger charge is 2.35. The standard InChI is InChI=1S/C17H20N2O4/c1-3-10-5-4-6-13-12(10)8-15(19-13)17(21)23-11-7-14(18-9-11)16(20)22-2/h3-6,11,14-15,18-19H,1,7-9H2,2H3. The normalized spacial score (nSPS) is 25.3. The van der Waals surface area contributed by atoms with Gasteiger partial charge in [-0.15, -0.1) is 0 Å². The fourth-order valence-corrected chi connectivity index (χ4v) is 3.11. The van der Waals surface area contributed by atoms with Crippen molar-refractivity contribution in [3.63, 3.8) is 0 Å². The van der Waals surface area contributed by atoms with Gasteiger partial charge in [0.25, 0.3) is 0 Å². The molecule has 2 aliphatic rings. The van der Waals surface area contributed by atoms with Crippen molar-refractivity contribution >= 4 is 23.7 Å². The van der Waals surface area contributed by atoms with Gasteiger partial charge in [0, 0.05) is 25.1 Å². The summed E-state index contributed by atoms with van der Waals surface area (Å²) in [5.74, 6) is -0.626. The monoisotopic (exact) mass is 316 g/mol. The van der Waals surface area contributed by atoms with Gasteiger partial charge in [-0.25, -0.2) is 4.79 Å². The quantitative estimate of drug-likeness (QED) is 0.811. The number of rotatable bonds is 4. The van der Waals surface area contributed by atoms with Crippen molar-refractivity contribution in [1.29, 1.82) is 0 Å². The molecule has 0 spiro atoms. The molecule has 122 valence electrons. The molecule has 2 aliphatic heterocycles. The lowest BCUT2D eigenvalue weighted by Gasteiger charge is -2.15. The molecule has 6 nitrogen and oxygen atoms in total. The maximum atomic E-state index is 12.4. The summed E-state index contributed by atoms with van der Waals surface area (Å²) in [7, 11) is 1.35. The lowest BCUT2D eigenvalue weighted by Crippen LogP contribution is -2.33. The Hall–Kier alpha value is -2.34. The van der Waals surface area contributed by atoms with Gasteiger partial charge in [-0.2, -0.15) is 0 Å². The van der Waals surface area contributed by atoms with Crippen LogP contribution in [0.4, 0.5) is 5.69 Å². The van der Waals surface area contributed by atoms with E-state index in [1.165, 1.54) is 7.11 Å². The molecule has 6 heteroatoms. The van der Waals surface area contributed by atoms with E-state index in [4.69, 9.17) is 9.47 Å². The number of ether oxygens (including phenoxy) is 2. The Balaban J connectivity index is 1.59. The highest BCUT2D eigenvalue weighted by atomic mass is 16.5. The molecule has 1 saturated heterocycles.